The first-order chi connectivity index (χ1) is 9.58. The van der Waals surface area contributed by atoms with Crippen molar-refractivity contribution in [3.05, 3.63) is 35.4 Å². The van der Waals surface area contributed by atoms with Crippen molar-refractivity contribution in [1.82, 2.24) is 5.32 Å². The van der Waals surface area contributed by atoms with Crippen LogP contribution in [0, 0.1) is 5.41 Å². The van der Waals surface area contributed by atoms with Gasteiger partial charge in [-0.2, -0.15) is 0 Å². The second kappa shape index (κ2) is 6.40. The Morgan fingerprint density at radius 2 is 2.00 bits per heavy atom. The van der Waals surface area contributed by atoms with Crippen LogP contribution in [0.4, 0.5) is 0 Å². The monoisotopic (exact) mass is 274 g/mol. The summed E-state index contributed by atoms with van der Waals surface area (Å²) in [6, 6.07) is 8.53. The van der Waals surface area contributed by atoms with Gasteiger partial charge in [0, 0.05) is 6.42 Å². The molecule has 1 aromatic carbocycles. The highest BCUT2D eigenvalue weighted by Gasteiger charge is 2.37. The maximum absolute atomic E-state index is 12.2. The van der Waals surface area contributed by atoms with Crippen LogP contribution in [0.2, 0.25) is 0 Å². The fourth-order valence-corrected chi connectivity index (χ4v) is 2.89. The third kappa shape index (κ3) is 3.40. The van der Waals surface area contributed by atoms with E-state index < -0.39 is 0 Å². The van der Waals surface area contributed by atoms with Crippen molar-refractivity contribution in [1.29, 1.82) is 0 Å². The van der Waals surface area contributed by atoms with Gasteiger partial charge in [-0.05, 0) is 49.3 Å². The molecule has 1 aliphatic carbocycles. The Morgan fingerprint density at radius 1 is 1.35 bits per heavy atom. The van der Waals surface area contributed by atoms with E-state index in [9.17, 15) is 4.79 Å². The molecule has 0 heterocycles. The van der Waals surface area contributed by atoms with Crippen molar-refractivity contribution in [2.45, 2.75) is 52.0 Å². The molecule has 1 amide bonds. The molecule has 0 bridgehead atoms. The molecular formula is C17H26N2O. The minimum absolute atomic E-state index is 0.0586. The Hall–Kier alpha value is -1.35. The van der Waals surface area contributed by atoms with Crippen LogP contribution in [0.5, 0.6) is 0 Å². The van der Waals surface area contributed by atoms with Crippen molar-refractivity contribution in [3.8, 4) is 0 Å². The van der Waals surface area contributed by atoms with E-state index in [0.717, 1.165) is 24.8 Å². The normalized spacial score (nSPS) is 18.1. The standard InChI is InChI=1S/C17H26N2O/c1-3-14-5-7-15(8-6-14)13(2)19-16(20)11-17(12-18)9-4-10-17/h5-8,13H,3-4,9-12,18H2,1-2H3,(H,19,20). The predicted molar refractivity (Wildman–Crippen MR) is 82.3 cm³/mol. The van der Waals surface area contributed by atoms with E-state index in [4.69, 9.17) is 5.73 Å². The highest BCUT2D eigenvalue weighted by molar-refractivity contribution is 5.77. The molecule has 1 atom stereocenters. The van der Waals surface area contributed by atoms with Crippen molar-refractivity contribution in [2.24, 2.45) is 11.1 Å². The van der Waals surface area contributed by atoms with Gasteiger partial charge in [0.05, 0.1) is 6.04 Å². The molecule has 0 radical (unpaired) electrons. The Morgan fingerprint density at radius 3 is 2.45 bits per heavy atom. The summed E-state index contributed by atoms with van der Waals surface area (Å²) in [6.45, 7) is 4.81. The first-order valence-corrected chi connectivity index (χ1v) is 7.67. The molecule has 110 valence electrons. The zero-order valence-electron chi connectivity index (χ0n) is 12.6. The number of benzene rings is 1. The lowest BCUT2D eigenvalue weighted by atomic mass is 9.66. The maximum atomic E-state index is 12.2. The lowest BCUT2D eigenvalue weighted by molar-refractivity contribution is -0.125. The summed E-state index contributed by atoms with van der Waals surface area (Å²) < 4.78 is 0. The summed E-state index contributed by atoms with van der Waals surface area (Å²) in [6.07, 6.45) is 5.01. The zero-order valence-corrected chi connectivity index (χ0v) is 12.6. The number of rotatable bonds is 6. The third-order valence-corrected chi connectivity index (χ3v) is 4.65. The smallest absolute Gasteiger partial charge is 0.221 e. The summed E-state index contributed by atoms with van der Waals surface area (Å²) in [5, 5.41) is 3.10. The molecule has 0 saturated heterocycles. The number of aryl methyl sites for hydroxylation is 1. The SMILES string of the molecule is CCc1ccc(C(C)NC(=O)CC2(CN)CCC2)cc1. The molecule has 1 saturated carbocycles. The van der Waals surface area contributed by atoms with Gasteiger partial charge < -0.3 is 11.1 Å². The van der Waals surface area contributed by atoms with E-state index in [1.807, 2.05) is 6.92 Å². The average Bonchev–Trinajstić information content (AvgIpc) is 2.43. The maximum Gasteiger partial charge on any atom is 0.221 e. The van der Waals surface area contributed by atoms with E-state index >= 15 is 0 Å². The highest BCUT2D eigenvalue weighted by Crippen LogP contribution is 2.42. The van der Waals surface area contributed by atoms with Crippen LogP contribution in [0.25, 0.3) is 0 Å². The number of carbonyl (C=O) groups excluding carboxylic acids is 1. The molecule has 0 aliphatic heterocycles. The molecule has 1 aliphatic rings. The van der Waals surface area contributed by atoms with Crippen LogP contribution in [0.1, 0.15) is 56.7 Å². The molecular weight excluding hydrogens is 248 g/mol. The molecule has 1 unspecified atom stereocenters. The van der Waals surface area contributed by atoms with Gasteiger partial charge in [-0.25, -0.2) is 0 Å². The molecule has 3 nitrogen and oxygen atoms in total. The second-order valence-electron chi connectivity index (χ2n) is 6.12. The van der Waals surface area contributed by atoms with Crippen LogP contribution in [-0.2, 0) is 11.2 Å². The van der Waals surface area contributed by atoms with Crippen LogP contribution in [-0.4, -0.2) is 12.5 Å². The van der Waals surface area contributed by atoms with E-state index in [1.165, 1.54) is 12.0 Å². The van der Waals surface area contributed by atoms with Gasteiger partial charge in [0.2, 0.25) is 5.91 Å². The summed E-state index contributed by atoms with van der Waals surface area (Å²) in [5.41, 5.74) is 8.37. The van der Waals surface area contributed by atoms with Crippen molar-refractivity contribution in [2.75, 3.05) is 6.54 Å². The van der Waals surface area contributed by atoms with Gasteiger partial charge in [-0.15, -0.1) is 0 Å². The first kappa shape index (κ1) is 15.0. The Balaban J connectivity index is 1.89. The van der Waals surface area contributed by atoms with Crippen LogP contribution < -0.4 is 11.1 Å². The lowest BCUT2D eigenvalue weighted by Crippen LogP contribution is -2.42. The Labute approximate surface area is 121 Å². The summed E-state index contributed by atoms with van der Waals surface area (Å²) in [5.74, 6) is 0.127. The van der Waals surface area contributed by atoms with E-state index in [2.05, 4.69) is 36.5 Å². The number of amides is 1. The Kier molecular flexibility index (Phi) is 4.81. The van der Waals surface area contributed by atoms with Crippen molar-refractivity contribution in [3.63, 3.8) is 0 Å². The van der Waals surface area contributed by atoms with Gasteiger partial charge in [-0.1, -0.05) is 37.6 Å². The fourth-order valence-electron chi connectivity index (χ4n) is 2.89. The van der Waals surface area contributed by atoms with E-state index in [0.29, 0.717) is 13.0 Å². The van der Waals surface area contributed by atoms with Gasteiger partial charge in [0.1, 0.15) is 0 Å². The second-order valence-corrected chi connectivity index (χ2v) is 6.12. The molecule has 1 fully saturated rings. The van der Waals surface area contributed by atoms with Gasteiger partial charge in [0.25, 0.3) is 0 Å². The third-order valence-electron chi connectivity index (χ3n) is 4.65. The van der Waals surface area contributed by atoms with Gasteiger partial charge in [-0.3, -0.25) is 4.79 Å². The van der Waals surface area contributed by atoms with Crippen LogP contribution >= 0.6 is 0 Å². The zero-order chi connectivity index (χ0) is 14.6. The largest absolute Gasteiger partial charge is 0.350 e. The molecule has 20 heavy (non-hydrogen) atoms. The topological polar surface area (TPSA) is 55.1 Å². The minimum Gasteiger partial charge on any atom is -0.350 e. The van der Waals surface area contributed by atoms with Gasteiger partial charge >= 0.3 is 0 Å². The lowest BCUT2D eigenvalue weighted by Gasteiger charge is -2.40. The molecule has 0 spiro atoms. The predicted octanol–water partition coefficient (Wildman–Crippen LogP) is 2.95. The highest BCUT2D eigenvalue weighted by atomic mass is 16.1. The number of nitrogens with two attached hydrogens (primary N) is 1. The molecule has 3 N–H and O–H groups in total. The van der Waals surface area contributed by atoms with Crippen molar-refractivity contribution < 1.29 is 4.79 Å². The summed E-state index contributed by atoms with van der Waals surface area (Å²) >= 11 is 0. The average molecular weight is 274 g/mol. The fraction of sp³-hybridized carbons (Fsp3) is 0.588. The number of hydrogen-bond donors (Lipinski definition) is 2. The summed E-state index contributed by atoms with van der Waals surface area (Å²) in [7, 11) is 0. The molecule has 0 aromatic heterocycles. The van der Waals surface area contributed by atoms with E-state index in [1.54, 1.807) is 0 Å². The first-order valence-electron chi connectivity index (χ1n) is 7.67. The van der Waals surface area contributed by atoms with E-state index in [-0.39, 0.29) is 17.4 Å². The quantitative estimate of drug-likeness (QED) is 0.838. The van der Waals surface area contributed by atoms with Gasteiger partial charge in [0.15, 0.2) is 0 Å². The van der Waals surface area contributed by atoms with Crippen LogP contribution in [0.15, 0.2) is 24.3 Å². The number of carbonyl (C=O) groups is 1. The molecule has 1 aromatic rings. The van der Waals surface area contributed by atoms with Crippen LogP contribution in [0.3, 0.4) is 0 Å². The number of hydrogen-bond acceptors (Lipinski definition) is 2. The van der Waals surface area contributed by atoms with Crippen molar-refractivity contribution >= 4 is 5.91 Å². The number of nitrogens with one attached hydrogen (secondary N) is 1. The molecule has 2 rings (SSSR count). The Bertz CT molecular complexity index is 443. The summed E-state index contributed by atoms with van der Waals surface area (Å²) in [4.78, 5) is 12.2. The molecule has 3 heteroatoms. The minimum atomic E-state index is 0.0586.